The molecule has 0 unspecified atom stereocenters. The first kappa shape index (κ1) is 15.9. The quantitative estimate of drug-likeness (QED) is 0.921. The number of thioether (sulfide) groups is 1. The van der Waals surface area contributed by atoms with Crippen molar-refractivity contribution in [3.05, 3.63) is 23.2 Å². The number of rotatable bonds is 4. The second-order valence-corrected chi connectivity index (χ2v) is 7.86. The molecule has 114 valence electrons. The van der Waals surface area contributed by atoms with Gasteiger partial charge in [0, 0.05) is 29.9 Å². The third kappa shape index (κ3) is 5.15. The molecule has 1 saturated heterocycles. The normalized spacial score (nSPS) is 18.2. The molecule has 1 aliphatic heterocycles. The highest BCUT2D eigenvalue weighted by atomic mass is 32.2. The summed E-state index contributed by atoms with van der Waals surface area (Å²) in [7, 11) is 0. The van der Waals surface area contributed by atoms with Gasteiger partial charge in [-0.3, -0.25) is 4.90 Å². The van der Waals surface area contributed by atoms with Crippen molar-refractivity contribution in [1.82, 2.24) is 10.2 Å². The Morgan fingerprint density at radius 3 is 2.85 bits per heavy atom. The van der Waals surface area contributed by atoms with Gasteiger partial charge in [-0.1, -0.05) is 0 Å². The minimum atomic E-state index is 0.145. The van der Waals surface area contributed by atoms with Crippen molar-refractivity contribution in [1.29, 1.82) is 0 Å². The molecule has 0 spiro atoms. The summed E-state index contributed by atoms with van der Waals surface area (Å²) < 4.78 is 5.93. The summed E-state index contributed by atoms with van der Waals surface area (Å²) in [6.07, 6.45) is 1.29. The number of nitrogens with zero attached hydrogens (tertiary/aromatic N) is 1. The van der Waals surface area contributed by atoms with Gasteiger partial charge < -0.3 is 9.73 Å². The van der Waals surface area contributed by atoms with Crippen molar-refractivity contribution in [2.45, 2.75) is 52.7 Å². The molecule has 1 aromatic rings. The third-order valence-electron chi connectivity index (χ3n) is 3.58. The average Bonchev–Trinajstić information content (AvgIpc) is 2.55. The lowest BCUT2D eigenvalue weighted by Crippen LogP contribution is -2.35. The summed E-state index contributed by atoms with van der Waals surface area (Å²) >= 11 is 2.07. The van der Waals surface area contributed by atoms with Crippen LogP contribution in [0.3, 0.4) is 0 Å². The number of aryl methyl sites for hydroxylation is 1. The summed E-state index contributed by atoms with van der Waals surface area (Å²) in [5, 5.41) is 3.53. The fraction of sp³-hybridized carbons (Fsp3) is 0.750. The molecule has 0 bridgehead atoms. The Morgan fingerprint density at radius 1 is 1.30 bits per heavy atom. The van der Waals surface area contributed by atoms with Gasteiger partial charge in [-0.15, -0.1) is 0 Å². The lowest BCUT2D eigenvalue weighted by molar-refractivity contribution is 0.260. The SMILES string of the molecule is Cc1oc(CN2CCCSCC2)cc1CNC(C)(C)C. The van der Waals surface area contributed by atoms with Crippen LogP contribution in [0.25, 0.3) is 0 Å². The molecule has 1 N–H and O–H groups in total. The Labute approximate surface area is 127 Å². The number of hydrogen-bond acceptors (Lipinski definition) is 4. The Kier molecular flexibility index (Phi) is 5.58. The molecule has 0 saturated carbocycles. The van der Waals surface area contributed by atoms with E-state index in [1.54, 1.807) is 0 Å². The summed E-state index contributed by atoms with van der Waals surface area (Å²) in [5.74, 6) is 4.72. The topological polar surface area (TPSA) is 28.4 Å². The number of furan rings is 1. The van der Waals surface area contributed by atoms with E-state index in [9.17, 15) is 0 Å². The van der Waals surface area contributed by atoms with Crippen LogP contribution < -0.4 is 5.32 Å². The number of hydrogen-bond donors (Lipinski definition) is 1. The van der Waals surface area contributed by atoms with E-state index in [4.69, 9.17) is 4.42 Å². The third-order valence-corrected chi connectivity index (χ3v) is 4.62. The summed E-state index contributed by atoms with van der Waals surface area (Å²) in [6.45, 7) is 12.9. The van der Waals surface area contributed by atoms with Gasteiger partial charge in [-0.2, -0.15) is 11.8 Å². The van der Waals surface area contributed by atoms with Gasteiger partial charge in [0.05, 0.1) is 6.54 Å². The van der Waals surface area contributed by atoms with Crippen LogP contribution in [0.15, 0.2) is 10.5 Å². The van der Waals surface area contributed by atoms with Gasteiger partial charge >= 0.3 is 0 Å². The molecule has 1 aliphatic rings. The van der Waals surface area contributed by atoms with E-state index in [0.717, 1.165) is 24.6 Å². The molecule has 0 atom stereocenters. The second kappa shape index (κ2) is 7.01. The maximum Gasteiger partial charge on any atom is 0.118 e. The molecule has 0 amide bonds. The van der Waals surface area contributed by atoms with Crippen LogP contribution in [0, 0.1) is 6.92 Å². The molecule has 3 nitrogen and oxygen atoms in total. The average molecular weight is 296 g/mol. The van der Waals surface area contributed by atoms with Gasteiger partial charge in [0.2, 0.25) is 0 Å². The Balaban J connectivity index is 1.92. The summed E-state index contributed by atoms with van der Waals surface area (Å²) in [4.78, 5) is 2.51. The van der Waals surface area contributed by atoms with E-state index in [-0.39, 0.29) is 5.54 Å². The molecular weight excluding hydrogens is 268 g/mol. The Hall–Kier alpha value is -0.450. The van der Waals surface area contributed by atoms with Crippen LogP contribution in [-0.4, -0.2) is 35.0 Å². The molecule has 1 aromatic heterocycles. The van der Waals surface area contributed by atoms with E-state index in [1.165, 1.54) is 36.6 Å². The number of nitrogens with one attached hydrogen (secondary N) is 1. The first-order chi connectivity index (χ1) is 9.44. The molecule has 0 radical (unpaired) electrons. The van der Waals surface area contributed by atoms with Crippen molar-refractivity contribution in [3.63, 3.8) is 0 Å². The van der Waals surface area contributed by atoms with Crippen LogP contribution in [-0.2, 0) is 13.1 Å². The lowest BCUT2D eigenvalue weighted by Gasteiger charge is -2.20. The highest BCUT2D eigenvalue weighted by Crippen LogP contribution is 2.19. The Morgan fingerprint density at radius 2 is 2.10 bits per heavy atom. The molecule has 4 heteroatoms. The second-order valence-electron chi connectivity index (χ2n) is 6.64. The molecule has 1 fully saturated rings. The maximum atomic E-state index is 5.93. The smallest absolute Gasteiger partial charge is 0.118 e. The minimum Gasteiger partial charge on any atom is -0.465 e. The van der Waals surface area contributed by atoms with Gasteiger partial charge in [-0.05, 0) is 52.5 Å². The zero-order chi connectivity index (χ0) is 14.6. The van der Waals surface area contributed by atoms with E-state index >= 15 is 0 Å². The summed E-state index contributed by atoms with van der Waals surface area (Å²) in [6, 6.07) is 2.23. The summed E-state index contributed by atoms with van der Waals surface area (Å²) in [5.41, 5.74) is 1.44. The van der Waals surface area contributed by atoms with Gasteiger partial charge in [0.25, 0.3) is 0 Å². The van der Waals surface area contributed by atoms with Crippen molar-refractivity contribution < 1.29 is 4.42 Å². The first-order valence-corrected chi connectivity index (χ1v) is 8.73. The molecule has 20 heavy (non-hydrogen) atoms. The Bertz CT molecular complexity index is 415. The van der Waals surface area contributed by atoms with Crippen LogP contribution in [0.4, 0.5) is 0 Å². The largest absolute Gasteiger partial charge is 0.465 e. The van der Waals surface area contributed by atoms with Gasteiger partial charge in [0.1, 0.15) is 11.5 Å². The fourth-order valence-corrected chi connectivity index (χ4v) is 3.30. The lowest BCUT2D eigenvalue weighted by atomic mass is 10.1. The monoisotopic (exact) mass is 296 g/mol. The van der Waals surface area contributed by atoms with Gasteiger partial charge in [0.15, 0.2) is 0 Å². The van der Waals surface area contributed by atoms with E-state index < -0.39 is 0 Å². The molecule has 2 rings (SSSR count). The first-order valence-electron chi connectivity index (χ1n) is 7.57. The van der Waals surface area contributed by atoms with E-state index in [2.05, 4.69) is 55.7 Å². The van der Waals surface area contributed by atoms with Crippen molar-refractivity contribution in [2.75, 3.05) is 24.6 Å². The predicted molar refractivity (Wildman–Crippen MR) is 87.3 cm³/mol. The zero-order valence-electron chi connectivity index (χ0n) is 13.3. The van der Waals surface area contributed by atoms with Crippen molar-refractivity contribution in [2.24, 2.45) is 0 Å². The molecular formula is C16H28N2OS. The van der Waals surface area contributed by atoms with Crippen molar-refractivity contribution >= 4 is 11.8 Å². The zero-order valence-corrected chi connectivity index (χ0v) is 14.1. The predicted octanol–water partition coefficient (Wildman–Crippen LogP) is 3.42. The van der Waals surface area contributed by atoms with Crippen LogP contribution in [0.5, 0.6) is 0 Å². The van der Waals surface area contributed by atoms with E-state index in [1.807, 2.05) is 0 Å². The van der Waals surface area contributed by atoms with Crippen LogP contribution in [0.1, 0.15) is 44.3 Å². The fourth-order valence-electron chi connectivity index (χ4n) is 2.38. The molecule has 0 aromatic carbocycles. The maximum absolute atomic E-state index is 5.93. The van der Waals surface area contributed by atoms with Crippen LogP contribution >= 0.6 is 11.8 Å². The minimum absolute atomic E-state index is 0.145. The highest BCUT2D eigenvalue weighted by molar-refractivity contribution is 7.99. The molecule has 2 heterocycles. The van der Waals surface area contributed by atoms with Gasteiger partial charge in [-0.25, -0.2) is 0 Å². The standard InChI is InChI=1S/C16H28N2OS/c1-13-14(11-17-16(2,3)4)10-15(19-13)12-18-6-5-8-20-9-7-18/h10,17H,5-9,11-12H2,1-4H3. The highest BCUT2D eigenvalue weighted by Gasteiger charge is 2.15. The molecule has 0 aliphatic carbocycles. The van der Waals surface area contributed by atoms with Crippen LogP contribution in [0.2, 0.25) is 0 Å². The van der Waals surface area contributed by atoms with E-state index in [0.29, 0.717) is 0 Å². The van der Waals surface area contributed by atoms with Crippen molar-refractivity contribution in [3.8, 4) is 0 Å².